The average molecular weight is 458 g/mol. The molecule has 0 bridgehead atoms. The van der Waals surface area contributed by atoms with Crippen LogP contribution in [0.25, 0.3) is 5.78 Å². The summed E-state index contributed by atoms with van der Waals surface area (Å²) in [5.74, 6) is 2.30. The van der Waals surface area contributed by atoms with Gasteiger partial charge in [0.25, 0.3) is 5.78 Å². The van der Waals surface area contributed by atoms with E-state index in [1.807, 2.05) is 55.1 Å². The maximum absolute atomic E-state index is 13.6. The number of methoxy groups -OCH3 is 2. The van der Waals surface area contributed by atoms with Gasteiger partial charge in [-0.2, -0.15) is 4.98 Å². The van der Waals surface area contributed by atoms with E-state index in [9.17, 15) is 4.79 Å². The highest BCUT2D eigenvalue weighted by molar-refractivity contribution is 5.79. The Morgan fingerprint density at radius 3 is 2.50 bits per heavy atom. The SMILES string of the molecule is COc1cc2c(cc1OC)C(c1ccccc1)N(C(=O)Cc1nc3nc(C)cc(C)n3n1)CC2. The zero-order chi connectivity index (χ0) is 23.8. The van der Waals surface area contributed by atoms with E-state index >= 15 is 0 Å². The Labute approximate surface area is 198 Å². The van der Waals surface area contributed by atoms with Crippen molar-refractivity contribution >= 4 is 11.7 Å². The molecule has 4 aromatic rings. The summed E-state index contributed by atoms with van der Waals surface area (Å²) in [6.45, 7) is 4.46. The summed E-state index contributed by atoms with van der Waals surface area (Å²) >= 11 is 0. The van der Waals surface area contributed by atoms with Crippen molar-refractivity contribution in [1.29, 1.82) is 0 Å². The topological polar surface area (TPSA) is 81.9 Å². The summed E-state index contributed by atoms with van der Waals surface area (Å²) in [6, 6.07) is 15.8. The third kappa shape index (κ3) is 3.85. The van der Waals surface area contributed by atoms with Gasteiger partial charge in [-0.1, -0.05) is 30.3 Å². The molecule has 2 aromatic heterocycles. The predicted molar refractivity (Wildman–Crippen MR) is 127 cm³/mol. The Hall–Kier alpha value is -3.94. The van der Waals surface area contributed by atoms with Crippen LogP contribution in [0.2, 0.25) is 0 Å². The Kier molecular flexibility index (Phi) is 5.65. The van der Waals surface area contributed by atoms with Crippen LogP contribution in [0.1, 0.15) is 39.9 Å². The van der Waals surface area contributed by atoms with Crippen molar-refractivity contribution in [2.45, 2.75) is 32.7 Å². The Balaban J connectivity index is 1.53. The lowest BCUT2D eigenvalue weighted by Crippen LogP contribution is -2.41. The molecule has 1 amide bonds. The van der Waals surface area contributed by atoms with Gasteiger partial charge in [0.05, 0.1) is 26.7 Å². The highest BCUT2D eigenvalue weighted by Crippen LogP contribution is 2.41. The molecular weight excluding hydrogens is 430 g/mol. The molecule has 174 valence electrons. The minimum atomic E-state index is -0.239. The molecule has 0 fully saturated rings. The van der Waals surface area contributed by atoms with Gasteiger partial charge in [0.1, 0.15) is 0 Å². The molecule has 1 aliphatic rings. The molecular formula is C26H27N5O3. The number of carbonyl (C=O) groups excluding carboxylic acids is 1. The number of aromatic nitrogens is 4. The maximum atomic E-state index is 13.6. The van der Waals surface area contributed by atoms with E-state index < -0.39 is 0 Å². The molecule has 1 aliphatic heterocycles. The van der Waals surface area contributed by atoms with Crippen LogP contribution in [0.5, 0.6) is 11.5 Å². The van der Waals surface area contributed by atoms with E-state index in [-0.39, 0.29) is 18.4 Å². The molecule has 0 saturated heterocycles. The van der Waals surface area contributed by atoms with E-state index in [4.69, 9.17) is 9.47 Å². The molecule has 0 spiro atoms. The molecule has 0 aliphatic carbocycles. The van der Waals surface area contributed by atoms with Crippen LogP contribution in [-0.2, 0) is 17.6 Å². The quantitative estimate of drug-likeness (QED) is 0.456. The maximum Gasteiger partial charge on any atom is 0.252 e. The fourth-order valence-corrected chi connectivity index (χ4v) is 4.73. The standard InChI is InChI=1S/C26H27N5O3/c1-16-12-17(2)31-26(27-16)28-23(29-31)15-24(32)30-11-10-19-13-21(33-3)22(34-4)14-20(19)25(30)18-8-6-5-7-9-18/h5-9,12-14,25H,10-11,15H2,1-4H3. The number of rotatable bonds is 5. The van der Waals surface area contributed by atoms with Gasteiger partial charge in [-0.05, 0) is 55.2 Å². The van der Waals surface area contributed by atoms with Gasteiger partial charge < -0.3 is 14.4 Å². The lowest BCUT2D eigenvalue weighted by atomic mass is 9.87. The second-order valence-electron chi connectivity index (χ2n) is 8.51. The number of aryl methyl sites for hydroxylation is 2. The number of carbonyl (C=O) groups is 1. The van der Waals surface area contributed by atoms with Crippen molar-refractivity contribution in [2.24, 2.45) is 0 Å². The van der Waals surface area contributed by atoms with E-state index in [2.05, 4.69) is 27.2 Å². The van der Waals surface area contributed by atoms with Crippen molar-refractivity contribution < 1.29 is 14.3 Å². The minimum Gasteiger partial charge on any atom is -0.493 e. The van der Waals surface area contributed by atoms with Crippen LogP contribution in [0.4, 0.5) is 0 Å². The third-order valence-corrected chi connectivity index (χ3v) is 6.28. The fraction of sp³-hybridized carbons (Fsp3) is 0.308. The second kappa shape index (κ2) is 8.78. The van der Waals surface area contributed by atoms with Crippen LogP contribution in [-0.4, -0.2) is 51.2 Å². The molecule has 34 heavy (non-hydrogen) atoms. The predicted octanol–water partition coefficient (Wildman–Crippen LogP) is 3.48. The number of hydrogen-bond acceptors (Lipinski definition) is 6. The summed E-state index contributed by atoms with van der Waals surface area (Å²) in [5, 5.41) is 4.54. The fourth-order valence-electron chi connectivity index (χ4n) is 4.73. The molecule has 1 unspecified atom stereocenters. The summed E-state index contributed by atoms with van der Waals surface area (Å²) in [7, 11) is 3.26. The molecule has 0 radical (unpaired) electrons. The molecule has 8 heteroatoms. The average Bonchev–Trinajstić information content (AvgIpc) is 3.25. The van der Waals surface area contributed by atoms with Crippen LogP contribution >= 0.6 is 0 Å². The van der Waals surface area contributed by atoms with Gasteiger partial charge in [-0.3, -0.25) is 4.79 Å². The first kappa shape index (κ1) is 21.9. The molecule has 2 aromatic carbocycles. The number of benzene rings is 2. The molecule has 0 N–H and O–H groups in total. The zero-order valence-electron chi connectivity index (χ0n) is 19.8. The Bertz CT molecular complexity index is 1370. The van der Waals surface area contributed by atoms with E-state index in [1.165, 1.54) is 0 Å². The van der Waals surface area contributed by atoms with Crippen molar-refractivity contribution in [1.82, 2.24) is 24.5 Å². The molecule has 3 heterocycles. The van der Waals surface area contributed by atoms with Crippen LogP contribution in [0.15, 0.2) is 48.5 Å². The molecule has 8 nitrogen and oxygen atoms in total. The second-order valence-corrected chi connectivity index (χ2v) is 8.51. The van der Waals surface area contributed by atoms with Gasteiger partial charge in [0.15, 0.2) is 17.3 Å². The smallest absolute Gasteiger partial charge is 0.252 e. The number of nitrogens with zero attached hydrogens (tertiary/aromatic N) is 5. The third-order valence-electron chi connectivity index (χ3n) is 6.28. The molecule has 0 saturated carbocycles. The minimum absolute atomic E-state index is 0.0282. The Morgan fingerprint density at radius 2 is 1.76 bits per heavy atom. The van der Waals surface area contributed by atoms with Crippen molar-refractivity contribution in [3.8, 4) is 11.5 Å². The zero-order valence-corrected chi connectivity index (χ0v) is 19.8. The van der Waals surface area contributed by atoms with Crippen molar-refractivity contribution in [3.63, 3.8) is 0 Å². The first-order valence-corrected chi connectivity index (χ1v) is 11.3. The number of fused-ring (bicyclic) bond motifs is 2. The molecule has 5 rings (SSSR count). The van der Waals surface area contributed by atoms with Crippen LogP contribution in [0.3, 0.4) is 0 Å². The van der Waals surface area contributed by atoms with E-state index in [0.717, 1.165) is 34.5 Å². The molecule has 1 atom stereocenters. The Morgan fingerprint density at radius 1 is 1.03 bits per heavy atom. The number of hydrogen-bond donors (Lipinski definition) is 0. The summed E-state index contributed by atoms with van der Waals surface area (Å²) in [5.41, 5.74) is 5.04. The first-order valence-electron chi connectivity index (χ1n) is 11.3. The normalized spacial score (nSPS) is 15.3. The van der Waals surface area contributed by atoms with Gasteiger partial charge in [-0.15, -0.1) is 5.10 Å². The van der Waals surface area contributed by atoms with Crippen LogP contribution < -0.4 is 9.47 Å². The number of amides is 1. The summed E-state index contributed by atoms with van der Waals surface area (Å²) in [4.78, 5) is 24.5. The summed E-state index contributed by atoms with van der Waals surface area (Å²) < 4.78 is 12.8. The van der Waals surface area contributed by atoms with Gasteiger partial charge in [0, 0.05) is 17.9 Å². The van der Waals surface area contributed by atoms with Crippen molar-refractivity contribution in [3.05, 3.63) is 82.4 Å². The number of ether oxygens (including phenoxy) is 2. The van der Waals surface area contributed by atoms with Crippen LogP contribution in [0, 0.1) is 13.8 Å². The summed E-state index contributed by atoms with van der Waals surface area (Å²) in [6.07, 6.45) is 0.830. The van der Waals surface area contributed by atoms with Crippen molar-refractivity contribution in [2.75, 3.05) is 20.8 Å². The highest BCUT2D eigenvalue weighted by Gasteiger charge is 2.33. The van der Waals surface area contributed by atoms with E-state index in [1.54, 1.807) is 18.7 Å². The first-order chi connectivity index (χ1) is 16.5. The lowest BCUT2D eigenvalue weighted by molar-refractivity contribution is -0.132. The van der Waals surface area contributed by atoms with Gasteiger partial charge >= 0.3 is 0 Å². The largest absolute Gasteiger partial charge is 0.493 e. The highest BCUT2D eigenvalue weighted by atomic mass is 16.5. The van der Waals surface area contributed by atoms with Gasteiger partial charge in [-0.25, -0.2) is 9.50 Å². The van der Waals surface area contributed by atoms with E-state index in [0.29, 0.717) is 29.6 Å². The lowest BCUT2D eigenvalue weighted by Gasteiger charge is -2.38. The van der Waals surface area contributed by atoms with Gasteiger partial charge in [0.2, 0.25) is 5.91 Å². The monoisotopic (exact) mass is 457 g/mol.